The highest BCUT2D eigenvalue weighted by Gasteiger charge is 2.41. The number of methoxy groups -OCH3 is 3. The molecule has 0 spiro atoms. The summed E-state index contributed by atoms with van der Waals surface area (Å²) in [5.41, 5.74) is 4.27. The van der Waals surface area contributed by atoms with Crippen LogP contribution in [0.15, 0.2) is 140 Å². The van der Waals surface area contributed by atoms with Crippen LogP contribution < -0.4 is 44.0 Å². The number of piperidine rings is 3. The number of nitrogens with zero attached hydrogens (tertiary/aromatic N) is 4. The lowest BCUT2D eigenvalue weighted by Gasteiger charge is -2.30. The second kappa shape index (κ2) is 39.0. The number of allylic oxidation sites excluding steroid dienone is 1. The number of rotatable bonds is 28. The Bertz CT molecular complexity index is 3450. The second-order valence-corrected chi connectivity index (χ2v) is 27.3. The van der Waals surface area contributed by atoms with Gasteiger partial charge in [0.15, 0.2) is 34.5 Å². The van der Waals surface area contributed by atoms with Crippen molar-refractivity contribution in [1.29, 1.82) is 0 Å². The highest BCUT2D eigenvalue weighted by Crippen LogP contribution is 2.40. The summed E-state index contributed by atoms with van der Waals surface area (Å²) in [4.78, 5) is 48.0. The maximum absolute atomic E-state index is 13.2. The lowest BCUT2D eigenvalue weighted by atomic mass is 9.92. The van der Waals surface area contributed by atoms with Crippen LogP contribution >= 0.6 is 34.8 Å². The SMILES string of the molecule is C=CCC(C(=O)Nc1ccc(OC)c(OCCN2CCC(C)CC2)c1)c1ccc(Cl)cc1.COc1ccc(N2C(=O)C(c3ccc(Cl)cc3)CC2O)cc1OCCN1CCC(C)CC1.COc1ccc(NC(=O)C(CC(O)CO)c2ccc(Cl)cc2)cc1OCCN1CCC(C)CC1. The number of nitrogens with one attached hydrogen (secondary N) is 2. The second-order valence-electron chi connectivity index (χ2n) is 26.0. The lowest BCUT2D eigenvalue weighted by molar-refractivity contribution is -0.119. The summed E-state index contributed by atoms with van der Waals surface area (Å²) >= 11 is 18.0. The molecule has 21 heteroatoms. The van der Waals surface area contributed by atoms with E-state index in [1.54, 1.807) is 112 Å². The Hall–Kier alpha value is -7.10. The molecule has 0 aromatic heterocycles. The number of halogens is 3. The van der Waals surface area contributed by atoms with Crippen molar-refractivity contribution >= 4 is 69.6 Å². The zero-order valence-corrected chi connectivity index (χ0v) is 59.8. The topological polar surface area (TPSA) is 204 Å². The van der Waals surface area contributed by atoms with Gasteiger partial charge in [-0.1, -0.05) is 98.0 Å². The quantitative estimate of drug-likeness (QED) is 0.0290. The number of anilines is 3. The van der Waals surface area contributed by atoms with Gasteiger partial charge in [-0.2, -0.15) is 0 Å². The fraction of sp³-hybridized carbons (Fsp3) is 0.468. The number of carbonyl (C=O) groups excluding carboxylic acids is 3. The molecular weight excluding hydrogens is 1310 g/mol. The molecule has 0 saturated carbocycles. The van der Waals surface area contributed by atoms with Crippen LogP contribution in [-0.4, -0.2) is 167 Å². The van der Waals surface area contributed by atoms with Crippen molar-refractivity contribution < 1.29 is 58.1 Å². The fourth-order valence-electron chi connectivity index (χ4n) is 12.5. The Morgan fingerprint density at radius 1 is 0.551 bits per heavy atom. The minimum Gasteiger partial charge on any atom is -0.493 e. The van der Waals surface area contributed by atoms with Gasteiger partial charge in [-0.25, -0.2) is 0 Å². The molecule has 10 rings (SSSR count). The number of amides is 3. The molecule has 6 aromatic rings. The van der Waals surface area contributed by atoms with E-state index in [4.69, 9.17) is 63.2 Å². The number of aliphatic hydroxyl groups excluding tert-OH is 3. The highest BCUT2D eigenvalue weighted by molar-refractivity contribution is 6.31. The van der Waals surface area contributed by atoms with Crippen LogP contribution in [0.25, 0.3) is 0 Å². The van der Waals surface area contributed by atoms with E-state index in [1.807, 2.05) is 42.5 Å². The molecule has 4 heterocycles. The van der Waals surface area contributed by atoms with Crippen LogP contribution in [0.4, 0.5) is 17.1 Å². The Labute approximate surface area is 594 Å². The molecule has 98 heavy (non-hydrogen) atoms. The van der Waals surface area contributed by atoms with E-state index in [1.165, 1.54) is 43.4 Å². The minimum atomic E-state index is -1.01. The normalized spacial score (nSPS) is 18.2. The molecule has 5 atom stereocenters. The van der Waals surface area contributed by atoms with E-state index >= 15 is 0 Å². The molecule has 530 valence electrons. The molecule has 0 bridgehead atoms. The molecule has 0 aliphatic carbocycles. The molecule has 4 aliphatic heterocycles. The largest absolute Gasteiger partial charge is 0.493 e. The van der Waals surface area contributed by atoms with Crippen LogP contribution in [0.2, 0.25) is 15.1 Å². The Morgan fingerprint density at radius 2 is 0.929 bits per heavy atom. The maximum Gasteiger partial charge on any atom is 0.236 e. The zero-order chi connectivity index (χ0) is 70.1. The zero-order valence-electron chi connectivity index (χ0n) is 57.5. The average Bonchev–Trinajstić information content (AvgIpc) is 1.63. The molecule has 6 aromatic carbocycles. The van der Waals surface area contributed by atoms with Crippen LogP contribution in [0, 0.1) is 17.8 Å². The third-order valence-corrected chi connectivity index (χ3v) is 19.5. The number of hydrogen-bond donors (Lipinski definition) is 5. The van der Waals surface area contributed by atoms with E-state index in [-0.39, 0.29) is 30.1 Å². The maximum atomic E-state index is 13.2. The molecule has 4 saturated heterocycles. The van der Waals surface area contributed by atoms with Gasteiger partial charge in [-0.3, -0.25) is 34.0 Å². The summed E-state index contributed by atoms with van der Waals surface area (Å²) < 4.78 is 34.4. The summed E-state index contributed by atoms with van der Waals surface area (Å²) in [6.45, 7) is 21.1. The third-order valence-electron chi connectivity index (χ3n) is 18.8. The number of likely N-dealkylation sites (tertiary alicyclic amines) is 3. The van der Waals surface area contributed by atoms with Gasteiger partial charge in [0.2, 0.25) is 17.7 Å². The summed E-state index contributed by atoms with van der Waals surface area (Å²) in [6, 6.07) is 37.5. The molecule has 4 aliphatic rings. The summed E-state index contributed by atoms with van der Waals surface area (Å²) in [6.07, 6.45) is 8.13. The van der Waals surface area contributed by atoms with Crippen molar-refractivity contribution in [2.45, 2.75) is 109 Å². The van der Waals surface area contributed by atoms with Gasteiger partial charge >= 0.3 is 0 Å². The van der Waals surface area contributed by atoms with Crippen molar-refractivity contribution in [3.63, 3.8) is 0 Å². The van der Waals surface area contributed by atoms with Gasteiger partial charge < -0.3 is 54.4 Å². The molecule has 5 N–H and O–H groups in total. The molecule has 18 nitrogen and oxygen atoms in total. The first-order valence-electron chi connectivity index (χ1n) is 34.2. The smallest absolute Gasteiger partial charge is 0.236 e. The molecular formula is C77H99Cl3N6O12. The molecule has 0 radical (unpaired) electrons. The number of hydrogen-bond acceptors (Lipinski definition) is 15. The summed E-state index contributed by atoms with van der Waals surface area (Å²) in [5.74, 6) is 4.04. The highest BCUT2D eigenvalue weighted by atomic mass is 35.5. The van der Waals surface area contributed by atoms with Gasteiger partial charge in [-0.15, -0.1) is 6.58 Å². The van der Waals surface area contributed by atoms with Gasteiger partial charge in [0.1, 0.15) is 26.0 Å². The van der Waals surface area contributed by atoms with Crippen molar-refractivity contribution in [2.24, 2.45) is 17.8 Å². The Morgan fingerprint density at radius 3 is 1.33 bits per heavy atom. The standard InChI is InChI=1S/C26H35ClN2O5.C26H33ClN2O3.C25H31ClN2O4/c1-18-9-11-29(12-10-18)13-14-34-25-15-21(7-8-24(25)33-2)28-26(32)23(16-22(31)17-30)19-3-5-20(27)6-4-19;1-4-5-23(20-6-8-21(27)9-7-20)26(30)28-22-10-11-24(31-3)25(18-22)32-17-16-29-14-12-19(2)13-15-29;1-17-9-11-27(12-10-17)13-14-32-23-15-20(7-8-22(23)31-2)28-24(29)16-21(25(28)30)18-3-5-19(26)6-4-18/h3-8,15,18,22-23,30-31H,9-14,16-17H2,1-2H3,(H,28,32);4,6-11,18-19,23H,1,5,12-17H2,2-3H3,(H,28,30);3-8,15,17,21,24,29H,9-14,16H2,1-2H3. The number of benzene rings is 6. The predicted molar refractivity (Wildman–Crippen MR) is 390 cm³/mol. The van der Waals surface area contributed by atoms with E-state index < -0.39 is 30.8 Å². The third kappa shape index (κ3) is 23.0. The van der Waals surface area contributed by atoms with Crippen molar-refractivity contribution in [1.82, 2.24) is 14.7 Å². The fourth-order valence-corrected chi connectivity index (χ4v) is 12.9. The predicted octanol–water partition coefficient (Wildman–Crippen LogP) is 14.0. The first kappa shape index (κ1) is 76.7. The van der Waals surface area contributed by atoms with Crippen LogP contribution in [0.5, 0.6) is 34.5 Å². The molecule has 5 unspecified atom stereocenters. The lowest BCUT2D eigenvalue weighted by Crippen LogP contribution is -2.35. The monoisotopic (exact) mass is 1400 g/mol. The summed E-state index contributed by atoms with van der Waals surface area (Å²) in [5, 5.41) is 37.7. The Balaban J connectivity index is 0.000000188. The molecule has 4 fully saturated rings. The van der Waals surface area contributed by atoms with E-state index in [2.05, 4.69) is 52.7 Å². The van der Waals surface area contributed by atoms with Crippen LogP contribution in [0.1, 0.15) is 113 Å². The average molecular weight is 1410 g/mol. The van der Waals surface area contributed by atoms with Crippen LogP contribution in [0.3, 0.4) is 0 Å². The van der Waals surface area contributed by atoms with E-state index in [9.17, 15) is 29.7 Å². The van der Waals surface area contributed by atoms with Crippen molar-refractivity contribution in [2.75, 3.05) is 122 Å². The van der Waals surface area contributed by atoms with Gasteiger partial charge in [0.05, 0.1) is 57.5 Å². The first-order valence-corrected chi connectivity index (χ1v) is 35.4. The van der Waals surface area contributed by atoms with Gasteiger partial charge in [0.25, 0.3) is 0 Å². The number of ether oxygens (including phenoxy) is 6. The van der Waals surface area contributed by atoms with E-state index in [0.717, 1.165) is 87.8 Å². The minimum absolute atomic E-state index is 0.0813. The number of aliphatic hydroxyl groups is 3. The van der Waals surface area contributed by atoms with E-state index in [0.29, 0.717) is 105 Å². The Kier molecular flexibility index (Phi) is 30.5. The first-order chi connectivity index (χ1) is 47.3. The summed E-state index contributed by atoms with van der Waals surface area (Å²) in [7, 11) is 4.80. The number of carbonyl (C=O) groups is 3. The van der Waals surface area contributed by atoms with Crippen molar-refractivity contribution in [3.05, 3.63) is 172 Å². The molecule has 3 amide bonds. The van der Waals surface area contributed by atoms with Crippen LogP contribution in [-0.2, 0) is 14.4 Å². The van der Waals surface area contributed by atoms with Gasteiger partial charge in [0, 0.05) is 70.7 Å². The van der Waals surface area contributed by atoms with Crippen molar-refractivity contribution in [3.8, 4) is 34.5 Å². The van der Waals surface area contributed by atoms with Gasteiger partial charge in [-0.05, 0) is 198 Å².